The summed E-state index contributed by atoms with van der Waals surface area (Å²) in [4.78, 5) is 24.9. The monoisotopic (exact) mass is 373 g/mol. The normalized spacial score (nSPS) is 10.3. The van der Waals surface area contributed by atoms with Crippen LogP contribution < -0.4 is 10.6 Å². The first kappa shape index (κ1) is 17.1. The van der Waals surface area contributed by atoms with Crippen molar-refractivity contribution in [1.29, 1.82) is 0 Å². The van der Waals surface area contributed by atoms with Gasteiger partial charge in [0.15, 0.2) is 0 Å². The van der Waals surface area contributed by atoms with Crippen LogP contribution in [0.5, 0.6) is 0 Å². The molecular formula is C17H13Cl2N5O. The molecule has 2 N–H and O–H groups in total. The number of pyridine rings is 1. The lowest BCUT2D eigenvalue weighted by Crippen LogP contribution is -2.16. The SMILES string of the molecule is O=C(Nc1c(Cl)cccc1Cl)c1ccnc(NCc2ccccn2)n1. The minimum absolute atomic E-state index is 0.189. The van der Waals surface area contributed by atoms with E-state index in [2.05, 4.69) is 25.6 Å². The van der Waals surface area contributed by atoms with Crippen molar-refractivity contribution in [2.45, 2.75) is 6.54 Å². The van der Waals surface area contributed by atoms with Gasteiger partial charge in [-0.3, -0.25) is 9.78 Å². The van der Waals surface area contributed by atoms with E-state index >= 15 is 0 Å². The van der Waals surface area contributed by atoms with Crippen molar-refractivity contribution in [2.75, 3.05) is 10.6 Å². The predicted molar refractivity (Wildman–Crippen MR) is 98.0 cm³/mol. The number of para-hydroxylation sites is 1. The molecule has 0 bridgehead atoms. The maximum Gasteiger partial charge on any atom is 0.274 e. The van der Waals surface area contributed by atoms with Crippen molar-refractivity contribution >= 4 is 40.7 Å². The summed E-state index contributed by atoms with van der Waals surface area (Å²) in [5.74, 6) is -0.109. The Kier molecular flexibility index (Phi) is 5.42. The van der Waals surface area contributed by atoms with Gasteiger partial charge in [-0.25, -0.2) is 9.97 Å². The summed E-state index contributed by atoms with van der Waals surface area (Å²) in [6, 6.07) is 12.1. The standard InChI is InChI=1S/C17H13Cl2N5O/c18-12-5-3-6-13(19)15(12)24-16(25)14-7-9-21-17(23-14)22-10-11-4-1-2-8-20-11/h1-9H,10H2,(H,24,25)(H,21,22,23). The van der Waals surface area contributed by atoms with E-state index in [1.54, 1.807) is 24.4 Å². The molecule has 0 saturated carbocycles. The highest BCUT2D eigenvalue weighted by Gasteiger charge is 2.13. The smallest absolute Gasteiger partial charge is 0.274 e. The molecule has 0 unspecified atom stereocenters. The molecular weight excluding hydrogens is 361 g/mol. The third kappa shape index (κ3) is 4.43. The van der Waals surface area contributed by atoms with E-state index in [1.165, 1.54) is 12.3 Å². The van der Waals surface area contributed by atoms with Crippen LogP contribution in [0, 0.1) is 0 Å². The van der Waals surface area contributed by atoms with E-state index < -0.39 is 5.91 Å². The Labute approximate surface area is 154 Å². The zero-order chi connectivity index (χ0) is 17.6. The number of nitrogens with zero attached hydrogens (tertiary/aromatic N) is 3. The molecule has 0 saturated heterocycles. The van der Waals surface area contributed by atoms with Gasteiger partial charge in [-0.2, -0.15) is 0 Å². The molecule has 3 aromatic rings. The fraction of sp³-hybridized carbons (Fsp3) is 0.0588. The van der Waals surface area contributed by atoms with Crippen LogP contribution in [0.1, 0.15) is 16.2 Å². The number of carbonyl (C=O) groups is 1. The first-order valence-corrected chi connectivity index (χ1v) is 8.11. The highest BCUT2D eigenvalue weighted by molar-refractivity contribution is 6.39. The topological polar surface area (TPSA) is 79.8 Å². The minimum Gasteiger partial charge on any atom is -0.349 e. The van der Waals surface area contributed by atoms with Crippen LogP contribution in [0.2, 0.25) is 10.0 Å². The molecule has 0 spiro atoms. The van der Waals surface area contributed by atoms with Gasteiger partial charge in [0.25, 0.3) is 5.91 Å². The molecule has 0 aliphatic rings. The van der Waals surface area contributed by atoms with Crippen molar-refractivity contribution in [3.8, 4) is 0 Å². The molecule has 2 heterocycles. The second-order valence-corrected chi connectivity index (χ2v) is 5.81. The van der Waals surface area contributed by atoms with Crippen LogP contribution in [0.15, 0.2) is 54.9 Å². The molecule has 0 aliphatic heterocycles. The Hall–Kier alpha value is -2.70. The van der Waals surface area contributed by atoms with Crippen LogP contribution in [-0.4, -0.2) is 20.9 Å². The predicted octanol–water partition coefficient (Wildman–Crippen LogP) is 4.04. The fourth-order valence-electron chi connectivity index (χ4n) is 2.04. The molecule has 1 amide bonds. The highest BCUT2D eigenvalue weighted by atomic mass is 35.5. The van der Waals surface area contributed by atoms with Crippen LogP contribution in [-0.2, 0) is 6.54 Å². The Balaban J connectivity index is 1.71. The maximum absolute atomic E-state index is 12.4. The number of carbonyl (C=O) groups excluding carboxylic acids is 1. The molecule has 1 aromatic carbocycles. The van der Waals surface area contributed by atoms with Gasteiger partial charge < -0.3 is 10.6 Å². The average molecular weight is 374 g/mol. The molecule has 8 heteroatoms. The highest BCUT2D eigenvalue weighted by Crippen LogP contribution is 2.30. The van der Waals surface area contributed by atoms with Crippen LogP contribution >= 0.6 is 23.2 Å². The molecule has 0 radical (unpaired) electrons. The molecule has 6 nitrogen and oxygen atoms in total. The van der Waals surface area contributed by atoms with E-state index in [0.717, 1.165) is 5.69 Å². The van der Waals surface area contributed by atoms with E-state index in [9.17, 15) is 4.79 Å². The Morgan fingerprint density at radius 2 is 1.76 bits per heavy atom. The van der Waals surface area contributed by atoms with Crippen molar-refractivity contribution in [3.05, 3.63) is 76.3 Å². The summed E-state index contributed by atoms with van der Waals surface area (Å²) < 4.78 is 0. The summed E-state index contributed by atoms with van der Waals surface area (Å²) in [6.45, 7) is 0.447. The number of benzene rings is 1. The summed E-state index contributed by atoms with van der Waals surface area (Å²) in [7, 11) is 0. The molecule has 3 rings (SSSR count). The van der Waals surface area contributed by atoms with Crippen molar-refractivity contribution in [2.24, 2.45) is 0 Å². The number of aromatic nitrogens is 3. The summed E-state index contributed by atoms with van der Waals surface area (Å²) in [6.07, 6.45) is 3.20. The lowest BCUT2D eigenvalue weighted by atomic mass is 10.3. The lowest BCUT2D eigenvalue weighted by Gasteiger charge is -2.09. The van der Waals surface area contributed by atoms with Crippen LogP contribution in [0.4, 0.5) is 11.6 Å². The molecule has 0 aliphatic carbocycles. The van der Waals surface area contributed by atoms with Crippen molar-refractivity contribution < 1.29 is 4.79 Å². The zero-order valence-electron chi connectivity index (χ0n) is 12.9. The number of rotatable bonds is 5. The number of hydrogen-bond acceptors (Lipinski definition) is 5. The van der Waals surface area contributed by atoms with Gasteiger partial charge in [-0.1, -0.05) is 35.3 Å². The fourth-order valence-corrected chi connectivity index (χ4v) is 2.53. The second-order valence-electron chi connectivity index (χ2n) is 4.99. The molecule has 126 valence electrons. The zero-order valence-corrected chi connectivity index (χ0v) is 14.4. The minimum atomic E-state index is -0.432. The van der Waals surface area contributed by atoms with E-state index in [-0.39, 0.29) is 5.69 Å². The van der Waals surface area contributed by atoms with Gasteiger partial charge in [-0.05, 0) is 30.3 Å². The quantitative estimate of drug-likeness (QED) is 0.705. The maximum atomic E-state index is 12.4. The van der Waals surface area contributed by atoms with E-state index in [0.29, 0.717) is 28.2 Å². The Bertz CT molecular complexity index is 869. The van der Waals surface area contributed by atoms with Crippen molar-refractivity contribution in [3.63, 3.8) is 0 Å². The van der Waals surface area contributed by atoms with Gasteiger partial charge in [0.2, 0.25) is 5.95 Å². The van der Waals surface area contributed by atoms with Gasteiger partial charge in [0.1, 0.15) is 5.69 Å². The van der Waals surface area contributed by atoms with E-state index in [4.69, 9.17) is 23.2 Å². The first-order valence-electron chi connectivity index (χ1n) is 7.35. The average Bonchev–Trinajstić information content (AvgIpc) is 2.64. The second kappa shape index (κ2) is 7.92. The van der Waals surface area contributed by atoms with Gasteiger partial charge in [0, 0.05) is 12.4 Å². The molecule has 0 atom stereocenters. The summed E-state index contributed by atoms with van der Waals surface area (Å²) in [5.41, 5.74) is 1.37. The Morgan fingerprint density at radius 3 is 2.48 bits per heavy atom. The summed E-state index contributed by atoms with van der Waals surface area (Å²) in [5, 5.41) is 6.39. The molecule has 2 aromatic heterocycles. The molecule has 25 heavy (non-hydrogen) atoms. The lowest BCUT2D eigenvalue weighted by molar-refractivity contribution is 0.102. The molecule has 0 fully saturated rings. The van der Waals surface area contributed by atoms with Gasteiger partial charge in [-0.15, -0.1) is 0 Å². The number of hydrogen-bond donors (Lipinski definition) is 2. The summed E-state index contributed by atoms with van der Waals surface area (Å²) >= 11 is 12.1. The third-order valence-electron chi connectivity index (χ3n) is 3.24. The van der Waals surface area contributed by atoms with Crippen LogP contribution in [0.3, 0.4) is 0 Å². The number of nitrogens with one attached hydrogen (secondary N) is 2. The number of anilines is 2. The van der Waals surface area contributed by atoms with Crippen molar-refractivity contribution in [1.82, 2.24) is 15.0 Å². The number of amides is 1. The van der Waals surface area contributed by atoms with Gasteiger partial charge >= 0.3 is 0 Å². The Morgan fingerprint density at radius 1 is 0.960 bits per heavy atom. The first-order chi connectivity index (χ1) is 12.1. The largest absolute Gasteiger partial charge is 0.349 e. The van der Waals surface area contributed by atoms with E-state index in [1.807, 2.05) is 18.2 Å². The third-order valence-corrected chi connectivity index (χ3v) is 3.87. The van der Waals surface area contributed by atoms with Crippen LogP contribution in [0.25, 0.3) is 0 Å². The van der Waals surface area contributed by atoms with Gasteiger partial charge in [0.05, 0.1) is 28.0 Å². The number of halogens is 2.